The van der Waals surface area contributed by atoms with E-state index in [9.17, 15) is 5.11 Å². The Bertz CT molecular complexity index is 568. The Morgan fingerprint density at radius 3 is 2.61 bits per heavy atom. The summed E-state index contributed by atoms with van der Waals surface area (Å²) in [5.41, 5.74) is -0.750. The smallest absolute Gasteiger partial charge is 0.250 e. The average molecular weight is 352 g/mol. The van der Waals surface area contributed by atoms with Gasteiger partial charge in [-0.05, 0) is 42.8 Å². The van der Waals surface area contributed by atoms with Gasteiger partial charge in [0.1, 0.15) is 0 Å². The molecule has 0 saturated carbocycles. The fourth-order valence-electron chi connectivity index (χ4n) is 2.35. The minimum absolute atomic E-state index is 0.0119. The van der Waals surface area contributed by atoms with Crippen LogP contribution in [0.4, 0.5) is 0 Å². The third-order valence-corrected chi connectivity index (χ3v) is 10.7. The molecule has 3 nitrogen and oxygen atoms in total. The quantitative estimate of drug-likeness (QED) is 0.759. The largest absolute Gasteiger partial charge is 0.547 e. The number of aliphatic hydroxyl groups is 1. The van der Waals surface area contributed by atoms with Gasteiger partial charge in [0, 0.05) is 12.6 Å². The molecule has 0 amide bonds. The van der Waals surface area contributed by atoms with Gasteiger partial charge in [-0.15, -0.1) is 0 Å². The lowest BCUT2D eigenvalue weighted by Crippen LogP contribution is -2.41. The monoisotopic (exact) mass is 351 g/mol. The second-order valence-electron chi connectivity index (χ2n) is 7.84. The van der Waals surface area contributed by atoms with Crippen LogP contribution in [0, 0.1) is 0 Å². The second kappa shape index (κ2) is 6.61. The summed E-state index contributed by atoms with van der Waals surface area (Å²) < 4.78 is 6.43. The van der Waals surface area contributed by atoms with Crippen LogP contribution in [-0.4, -0.2) is 29.3 Å². The summed E-state index contributed by atoms with van der Waals surface area (Å²) in [4.78, 5) is 4.37. The molecule has 5 heteroatoms. The molecule has 1 N–H and O–H groups in total. The van der Waals surface area contributed by atoms with E-state index in [1.54, 1.807) is 18.0 Å². The van der Waals surface area contributed by atoms with Crippen molar-refractivity contribution >= 4 is 20.1 Å². The van der Waals surface area contributed by atoms with Crippen LogP contribution in [-0.2, 0) is 4.43 Å². The zero-order valence-corrected chi connectivity index (χ0v) is 16.9. The maximum absolute atomic E-state index is 11.0. The van der Waals surface area contributed by atoms with E-state index in [2.05, 4.69) is 44.9 Å². The van der Waals surface area contributed by atoms with Crippen molar-refractivity contribution in [1.82, 2.24) is 4.98 Å². The maximum Gasteiger partial charge on any atom is 0.250 e. The van der Waals surface area contributed by atoms with Crippen LogP contribution >= 0.6 is 11.8 Å². The van der Waals surface area contributed by atoms with Crippen molar-refractivity contribution in [3.8, 4) is 0 Å². The molecule has 2 rings (SSSR count). The molecule has 2 atom stereocenters. The zero-order valence-electron chi connectivity index (χ0n) is 15.1. The first-order valence-corrected chi connectivity index (χ1v) is 12.1. The highest BCUT2D eigenvalue weighted by Crippen LogP contribution is 2.45. The second-order valence-corrected chi connectivity index (χ2v) is 13.7. The fraction of sp³-hybridized carbons (Fsp3) is 0.611. The number of nitrogens with zero attached hydrogens (tertiary/aromatic N) is 1. The summed E-state index contributed by atoms with van der Waals surface area (Å²) in [5, 5.41) is 12.1. The Morgan fingerprint density at radius 2 is 2.09 bits per heavy atom. The van der Waals surface area contributed by atoms with E-state index in [1.807, 2.05) is 25.1 Å². The van der Waals surface area contributed by atoms with Gasteiger partial charge in [-0.1, -0.05) is 45.5 Å². The normalized spacial score (nSPS) is 25.3. The molecule has 0 aromatic carbocycles. The molecule has 0 fully saturated rings. The van der Waals surface area contributed by atoms with Crippen molar-refractivity contribution in [2.45, 2.75) is 74.5 Å². The fourth-order valence-corrected chi connectivity index (χ4v) is 4.68. The van der Waals surface area contributed by atoms with Gasteiger partial charge in [-0.2, -0.15) is 0 Å². The summed E-state index contributed by atoms with van der Waals surface area (Å²) in [7, 11) is -1.87. The number of hydrogen-bond acceptors (Lipinski definition) is 4. The summed E-state index contributed by atoms with van der Waals surface area (Å²) in [6.45, 7) is 13.2. The minimum atomic E-state index is -1.87. The molecular formula is C18H29NO2SSi. The third-order valence-electron chi connectivity index (χ3n) is 5.04. The van der Waals surface area contributed by atoms with E-state index in [4.69, 9.17) is 4.43 Å². The molecule has 1 heterocycles. The van der Waals surface area contributed by atoms with Crippen molar-refractivity contribution in [2.75, 3.05) is 0 Å². The predicted octanol–water partition coefficient (Wildman–Crippen LogP) is 4.99. The van der Waals surface area contributed by atoms with Crippen LogP contribution in [0.2, 0.25) is 18.1 Å². The number of rotatable bonds is 5. The standard InChI is InChI=1S/C18H29NO2SSi/c1-7-18(20)13-14(21-23(5,6)17(2,3)4)12-15(18)22-16-10-8-9-11-19-16/h8-12,15,20H,7,13H2,1-6H3/t15-,18+/m0/s1. The van der Waals surface area contributed by atoms with Crippen molar-refractivity contribution in [2.24, 2.45) is 0 Å². The Labute approximate surface area is 145 Å². The van der Waals surface area contributed by atoms with E-state index in [0.717, 1.165) is 10.8 Å². The molecule has 23 heavy (non-hydrogen) atoms. The third kappa shape index (κ3) is 4.20. The Kier molecular flexibility index (Phi) is 5.33. The molecule has 1 aliphatic carbocycles. The lowest BCUT2D eigenvalue weighted by Gasteiger charge is -2.37. The molecule has 0 radical (unpaired) electrons. The highest BCUT2D eigenvalue weighted by atomic mass is 32.2. The molecule has 0 saturated heterocycles. The Morgan fingerprint density at radius 1 is 1.39 bits per heavy atom. The average Bonchev–Trinajstić information content (AvgIpc) is 2.75. The van der Waals surface area contributed by atoms with Crippen LogP contribution in [0.1, 0.15) is 40.5 Å². The number of thioether (sulfide) groups is 1. The van der Waals surface area contributed by atoms with Gasteiger partial charge in [0.05, 0.1) is 21.6 Å². The van der Waals surface area contributed by atoms with E-state index >= 15 is 0 Å². The zero-order chi connectivity index (χ0) is 17.3. The highest BCUT2D eigenvalue weighted by Gasteiger charge is 2.45. The predicted molar refractivity (Wildman–Crippen MR) is 100 cm³/mol. The first-order chi connectivity index (χ1) is 10.6. The number of pyridine rings is 1. The number of hydrogen-bond donors (Lipinski definition) is 1. The molecule has 0 spiro atoms. The van der Waals surface area contributed by atoms with Crippen LogP contribution in [0.3, 0.4) is 0 Å². The first kappa shape index (κ1) is 18.6. The Balaban J connectivity index is 2.18. The van der Waals surface area contributed by atoms with Gasteiger partial charge >= 0.3 is 0 Å². The van der Waals surface area contributed by atoms with Gasteiger partial charge in [0.15, 0.2) is 0 Å². The molecule has 128 valence electrons. The molecule has 1 aromatic heterocycles. The van der Waals surface area contributed by atoms with Gasteiger partial charge < -0.3 is 9.53 Å². The minimum Gasteiger partial charge on any atom is -0.547 e. The maximum atomic E-state index is 11.0. The molecule has 1 aromatic rings. The van der Waals surface area contributed by atoms with E-state index in [1.165, 1.54) is 0 Å². The first-order valence-electron chi connectivity index (χ1n) is 8.27. The van der Waals surface area contributed by atoms with Crippen molar-refractivity contribution in [3.05, 3.63) is 36.2 Å². The van der Waals surface area contributed by atoms with E-state index in [-0.39, 0.29) is 10.3 Å². The van der Waals surface area contributed by atoms with Crippen LogP contribution in [0.15, 0.2) is 41.3 Å². The number of aromatic nitrogens is 1. The molecular weight excluding hydrogens is 322 g/mol. The lowest BCUT2D eigenvalue weighted by molar-refractivity contribution is 0.0474. The van der Waals surface area contributed by atoms with Crippen LogP contribution in [0.5, 0.6) is 0 Å². The van der Waals surface area contributed by atoms with E-state index < -0.39 is 13.9 Å². The summed E-state index contributed by atoms with van der Waals surface area (Å²) in [6.07, 6.45) is 5.21. The van der Waals surface area contributed by atoms with Crippen LogP contribution < -0.4 is 0 Å². The van der Waals surface area contributed by atoms with Gasteiger partial charge in [-0.25, -0.2) is 4.98 Å². The molecule has 0 aliphatic heterocycles. The van der Waals surface area contributed by atoms with Gasteiger partial charge in [0.2, 0.25) is 8.32 Å². The topological polar surface area (TPSA) is 42.4 Å². The molecule has 0 bridgehead atoms. The molecule has 0 unspecified atom stereocenters. The highest BCUT2D eigenvalue weighted by molar-refractivity contribution is 8.00. The van der Waals surface area contributed by atoms with Crippen molar-refractivity contribution < 1.29 is 9.53 Å². The summed E-state index contributed by atoms with van der Waals surface area (Å²) in [5.74, 6) is 0.953. The van der Waals surface area contributed by atoms with E-state index in [0.29, 0.717) is 12.8 Å². The van der Waals surface area contributed by atoms with Gasteiger partial charge in [-0.3, -0.25) is 0 Å². The molecule has 1 aliphatic rings. The summed E-state index contributed by atoms with van der Waals surface area (Å²) in [6, 6.07) is 5.87. The van der Waals surface area contributed by atoms with Gasteiger partial charge in [0.25, 0.3) is 0 Å². The Hall–Kier alpha value is -0.783. The van der Waals surface area contributed by atoms with Crippen LogP contribution in [0.25, 0.3) is 0 Å². The lowest BCUT2D eigenvalue weighted by atomic mass is 9.98. The van der Waals surface area contributed by atoms with Crippen molar-refractivity contribution in [3.63, 3.8) is 0 Å². The van der Waals surface area contributed by atoms with Crippen molar-refractivity contribution in [1.29, 1.82) is 0 Å². The summed E-state index contributed by atoms with van der Waals surface area (Å²) >= 11 is 1.62. The SMILES string of the molecule is CC[C@@]1(O)CC(O[Si](C)(C)C(C)(C)C)=C[C@@H]1Sc1ccccn1.